The molecular formula is C13H18N3+. The summed E-state index contributed by atoms with van der Waals surface area (Å²) in [7, 11) is 0. The van der Waals surface area contributed by atoms with Crippen molar-refractivity contribution in [3.05, 3.63) is 46.8 Å². The van der Waals surface area contributed by atoms with E-state index in [1.165, 1.54) is 16.8 Å². The molecule has 0 bridgehead atoms. The van der Waals surface area contributed by atoms with Crippen LogP contribution in [0.2, 0.25) is 0 Å². The summed E-state index contributed by atoms with van der Waals surface area (Å²) in [5.74, 6) is 0. The van der Waals surface area contributed by atoms with Crippen molar-refractivity contribution in [1.29, 1.82) is 0 Å². The van der Waals surface area contributed by atoms with Crippen LogP contribution in [0, 0.1) is 20.8 Å². The van der Waals surface area contributed by atoms with Crippen LogP contribution >= 0.6 is 0 Å². The molecule has 0 atom stereocenters. The maximum atomic E-state index is 4.59. The van der Waals surface area contributed by atoms with Crippen molar-refractivity contribution in [2.24, 2.45) is 0 Å². The third kappa shape index (κ3) is 1.63. The molecule has 1 aromatic carbocycles. The number of aromatic nitrogens is 2. The van der Waals surface area contributed by atoms with Crippen LogP contribution in [0.1, 0.15) is 22.5 Å². The van der Waals surface area contributed by atoms with Crippen molar-refractivity contribution in [3.8, 4) is 5.69 Å². The van der Waals surface area contributed by atoms with Gasteiger partial charge in [0, 0.05) is 0 Å². The molecule has 0 saturated heterocycles. The minimum absolute atomic E-state index is 0.795. The largest absolute Gasteiger partial charge is 0.354 e. The van der Waals surface area contributed by atoms with Gasteiger partial charge in [-0.2, -0.15) is 5.10 Å². The van der Waals surface area contributed by atoms with Gasteiger partial charge in [-0.3, -0.25) is 0 Å². The molecule has 0 fully saturated rings. The minimum atomic E-state index is 0.795. The molecule has 0 spiro atoms. The Hall–Kier alpha value is -1.61. The fourth-order valence-electron chi connectivity index (χ4n) is 2.07. The van der Waals surface area contributed by atoms with Gasteiger partial charge in [0.2, 0.25) is 0 Å². The maximum Gasteiger partial charge on any atom is 0.103 e. The summed E-state index contributed by atoms with van der Waals surface area (Å²) >= 11 is 0. The van der Waals surface area contributed by atoms with Crippen molar-refractivity contribution in [2.75, 3.05) is 0 Å². The first kappa shape index (κ1) is 10.9. The Morgan fingerprint density at radius 2 is 1.88 bits per heavy atom. The molecule has 0 radical (unpaired) electrons. The van der Waals surface area contributed by atoms with Gasteiger partial charge in [0.25, 0.3) is 0 Å². The smallest absolute Gasteiger partial charge is 0.103 e. The molecular weight excluding hydrogens is 198 g/mol. The van der Waals surface area contributed by atoms with Gasteiger partial charge in [0.1, 0.15) is 6.54 Å². The van der Waals surface area contributed by atoms with Gasteiger partial charge in [-0.15, -0.1) is 0 Å². The second kappa shape index (κ2) is 4.10. The number of hydrogen-bond acceptors (Lipinski definition) is 1. The third-order valence-corrected chi connectivity index (χ3v) is 3.03. The Labute approximate surface area is 95.9 Å². The first-order valence-corrected chi connectivity index (χ1v) is 5.55. The molecule has 0 aliphatic rings. The third-order valence-electron chi connectivity index (χ3n) is 3.03. The highest BCUT2D eigenvalue weighted by Crippen LogP contribution is 2.19. The van der Waals surface area contributed by atoms with Crippen molar-refractivity contribution in [1.82, 2.24) is 9.78 Å². The summed E-state index contributed by atoms with van der Waals surface area (Å²) < 4.78 is 2.02. The molecule has 2 aromatic rings. The quantitative estimate of drug-likeness (QED) is 0.813. The number of quaternary nitrogens is 1. The average molecular weight is 216 g/mol. The minimum Gasteiger partial charge on any atom is -0.354 e. The highest BCUT2D eigenvalue weighted by molar-refractivity contribution is 5.42. The van der Waals surface area contributed by atoms with Crippen LogP contribution in [0.5, 0.6) is 0 Å². The van der Waals surface area contributed by atoms with Gasteiger partial charge in [0.05, 0.1) is 22.6 Å². The van der Waals surface area contributed by atoms with Gasteiger partial charge in [0.15, 0.2) is 0 Å². The Morgan fingerprint density at radius 3 is 2.44 bits per heavy atom. The summed E-state index contributed by atoms with van der Waals surface area (Å²) in [4.78, 5) is 0. The van der Waals surface area contributed by atoms with Crippen LogP contribution in [-0.4, -0.2) is 9.78 Å². The van der Waals surface area contributed by atoms with Crippen molar-refractivity contribution >= 4 is 0 Å². The fraction of sp³-hybridized carbons (Fsp3) is 0.308. The molecule has 1 aromatic heterocycles. The van der Waals surface area contributed by atoms with E-state index in [0.717, 1.165) is 17.9 Å². The molecule has 3 heteroatoms. The molecule has 3 nitrogen and oxygen atoms in total. The lowest BCUT2D eigenvalue weighted by Gasteiger charge is -2.07. The zero-order chi connectivity index (χ0) is 11.7. The molecule has 0 amide bonds. The van der Waals surface area contributed by atoms with E-state index in [1.807, 2.05) is 23.7 Å². The van der Waals surface area contributed by atoms with E-state index in [0.29, 0.717) is 0 Å². The molecule has 16 heavy (non-hydrogen) atoms. The highest BCUT2D eigenvalue weighted by Gasteiger charge is 2.13. The average Bonchev–Trinajstić information content (AvgIpc) is 2.55. The van der Waals surface area contributed by atoms with E-state index in [9.17, 15) is 0 Å². The van der Waals surface area contributed by atoms with Crippen molar-refractivity contribution in [3.63, 3.8) is 0 Å². The van der Waals surface area contributed by atoms with Crippen molar-refractivity contribution in [2.45, 2.75) is 27.3 Å². The maximum absolute atomic E-state index is 4.59. The SMILES string of the molecule is Cc1ccccc1-n1nc(C)c(C[NH3+])c1C. The number of benzene rings is 1. The summed E-state index contributed by atoms with van der Waals surface area (Å²) in [6, 6.07) is 8.30. The van der Waals surface area contributed by atoms with Crippen LogP contribution in [-0.2, 0) is 6.54 Å². The second-order valence-corrected chi connectivity index (χ2v) is 4.10. The molecule has 3 N–H and O–H groups in total. The molecule has 84 valence electrons. The molecule has 1 heterocycles. The van der Waals surface area contributed by atoms with Gasteiger partial charge < -0.3 is 5.73 Å². The van der Waals surface area contributed by atoms with E-state index in [4.69, 9.17) is 0 Å². The monoisotopic (exact) mass is 216 g/mol. The Morgan fingerprint density at radius 1 is 1.19 bits per heavy atom. The lowest BCUT2D eigenvalue weighted by atomic mass is 10.2. The number of rotatable bonds is 2. The molecule has 0 saturated carbocycles. The number of aryl methyl sites for hydroxylation is 2. The van der Waals surface area contributed by atoms with Gasteiger partial charge in [-0.25, -0.2) is 4.68 Å². The number of hydrogen-bond donors (Lipinski definition) is 1. The molecule has 0 unspecified atom stereocenters. The second-order valence-electron chi connectivity index (χ2n) is 4.10. The van der Waals surface area contributed by atoms with Gasteiger partial charge >= 0.3 is 0 Å². The Kier molecular flexibility index (Phi) is 2.79. The molecule has 0 aliphatic heterocycles. The summed E-state index contributed by atoms with van der Waals surface area (Å²) in [6.07, 6.45) is 0. The number of para-hydroxylation sites is 1. The van der Waals surface area contributed by atoms with Crippen LogP contribution in [0.4, 0.5) is 0 Å². The van der Waals surface area contributed by atoms with Crippen LogP contribution in [0.3, 0.4) is 0 Å². The zero-order valence-electron chi connectivity index (χ0n) is 10.1. The predicted molar refractivity (Wildman–Crippen MR) is 64.4 cm³/mol. The Bertz CT molecular complexity index is 512. The number of nitrogens with zero attached hydrogens (tertiary/aromatic N) is 2. The molecule has 2 rings (SSSR count). The van der Waals surface area contributed by atoms with Gasteiger partial charge in [-0.05, 0) is 32.4 Å². The molecule has 0 aliphatic carbocycles. The van der Waals surface area contributed by atoms with Crippen LogP contribution in [0.15, 0.2) is 24.3 Å². The van der Waals surface area contributed by atoms with Gasteiger partial charge in [-0.1, -0.05) is 18.2 Å². The van der Waals surface area contributed by atoms with E-state index in [-0.39, 0.29) is 0 Å². The lowest BCUT2D eigenvalue weighted by molar-refractivity contribution is -0.386. The van der Waals surface area contributed by atoms with Crippen LogP contribution < -0.4 is 5.73 Å². The highest BCUT2D eigenvalue weighted by atomic mass is 15.3. The first-order valence-electron chi connectivity index (χ1n) is 5.55. The fourth-order valence-corrected chi connectivity index (χ4v) is 2.07. The zero-order valence-corrected chi connectivity index (χ0v) is 10.1. The van der Waals surface area contributed by atoms with E-state index < -0.39 is 0 Å². The standard InChI is InChI=1S/C13H17N3/c1-9-6-4-5-7-13(9)16-11(3)12(8-14)10(2)15-16/h4-7H,8,14H2,1-3H3/p+1. The summed E-state index contributed by atoms with van der Waals surface area (Å²) in [5.41, 5.74) is 9.88. The predicted octanol–water partition coefficient (Wildman–Crippen LogP) is 1.54. The Balaban J connectivity index is 2.62. The van der Waals surface area contributed by atoms with E-state index in [2.05, 4.69) is 36.8 Å². The van der Waals surface area contributed by atoms with Crippen molar-refractivity contribution < 1.29 is 5.73 Å². The van der Waals surface area contributed by atoms with Crippen LogP contribution in [0.25, 0.3) is 5.69 Å². The first-order chi connectivity index (χ1) is 7.65. The van der Waals surface area contributed by atoms with E-state index in [1.54, 1.807) is 0 Å². The topological polar surface area (TPSA) is 45.5 Å². The lowest BCUT2D eigenvalue weighted by Crippen LogP contribution is -2.47. The normalized spacial score (nSPS) is 10.8. The summed E-state index contributed by atoms with van der Waals surface area (Å²) in [6.45, 7) is 7.05. The summed E-state index contributed by atoms with van der Waals surface area (Å²) in [5, 5.41) is 4.59. The van der Waals surface area contributed by atoms with E-state index >= 15 is 0 Å².